The zero-order valence-corrected chi connectivity index (χ0v) is 11.3. The Morgan fingerprint density at radius 2 is 1.21 bits per heavy atom. The van der Waals surface area contributed by atoms with Gasteiger partial charge in [0.2, 0.25) is 0 Å². The van der Waals surface area contributed by atoms with Gasteiger partial charge in [-0.1, -0.05) is 0 Å². The van der Waals surface area contributed by atoms with Crippen molar-refractivity contribution in [1.82, 2.24) is 0 Å². The number of rotatable bonds is 6. The predicted octanol–water partition coefficient (Wildman–Crippen LogP) is -1.32. The molecule has 1 rings (SSSR count). The molecule has 0 unspecified atom stereocenters. The van der Waals surface area contributed by atoms with Crippen LogP contribution in [0.4, 0.5) is 0 Å². The molecule has 1 aromatic rings. The minimum Gasteiger partial charge on any atom is -0.384 e. The molecule has 0 radical (unpaired) electrons. The highest BCUT2D eigenvalue weighted by molar-refractivity contribution is 7.81. The second-order valence-corrected chi connectivity index (χ2v) is 5.06. The lowest BCUT2D eigenvalue weighted by Crippen LogP contribution is -2.07. The molecule has 0 aliphatic carbocycles. The fourth-order valence-electron chi connectivity index (χ4n) is 0.993. The van der Waals surface area contributed by atoms with E-state index in [1.807, 2.05) is 0 Å². The molecule has 0 heterocycles. The van der Waals surface area contributed by atoms with Crippen molar-refractivity contribution in [3.8, 4) is 17.2 Å². The summed E-state index contributed by atoms with van der Waals surface area (Å²) in [7, 11) is -11.5. The molecule has 0 bridgehead atoms. The van der Waals surface area contributed by atoms with Crippen LogP contribution in [0.25, 0.3) is 0 Å². The maximum atomic E-state index is 10.5. The first-order valence-electron chi connectivity index (χ1n) is 4.12. The lowest BCUT2D eigenvalue weighted by Gasteiger charge is -2.06. The summed E-state index contributed by atoms with van der Waals surface area (Å²) in [5.74, 6) is -1.54. The van der Waals surface area contributed by atoms with Crippen LogP contribution in [-0.2, 0) is 32.4 Å². The summed E-state index contributed by atoms with van der Waals surface area (Å²) in [6, 6.07) is 2.42. The fraction of sp³-hybridized carbons (Fsp3) is 0. The van der Waals surface area contributed by atoms with Crippen LogP contribution in [0.2, 0.25) is 0 Å². The number of hydrogen-bond donors (Lipinski definition) is 3. The van der Waals surface area contributed by atoms with E-state index in [-0.39, 0.29) is 0 Å². The van der Waals surface area contributed by atoms with Crippen molar-refractivity contribution < 1.29 is 42.4 Å². The first-order chi connectivity index (χ1) is 8.65. The first kappa shape index (κ1) is 15.5. The first-order valence-corrected chi connectivity index (χ1v) is 7.68. The van der Waals surface area contributed by atoms with Gasteiger partial charge in [0.25, 0.3) is 22.0 Å². The number of thiol groups is 2. The van der Waals surface area contributed by atoms with Crippen molar-refractivity contribution in [2.24, 2.45) is 0 Å². The maximum absolute atomic E-state index is 10.5. The molecule has 0 amide bonds. The third kappa shape index (κ3) is 6.23. The van der Waals surface area contributed by atoms with Crippen molar-refractivity contribution >= 4 is 32.4 Å². The standard InChI is InChI=1S/C6H6O10S3/c7-17(8)14-4-1-5(15-18(9)10)3-6(2-4)16-19(11,12)13/h1-3,17-18H,(H,11,12,13). The number of benzene rings is 1. The highest BCUT2D eigenvalue weighted by Gasteiger charge is 2.12. The SMILES string of the molecule is O=[SH](=O)Oc1cc(O[SH](=O)=O)cc(OS(=O)(=O)O)c1. The third-order valence-corrected chi connectivity index (χ3v) is 2.54. The highest BCUT2D eigenvalue weighted by Crippen LogP contribution is 2.28. The van der Waals surface area contributed by atoms with Gasteiger partial charge in [-0.2, -0.15) is 25.3 Å². The average molecular weight is 334 g/mol. The van der Waals surface area contributed by atoms with Crippen LogP contribution < -0.4 is 12.5 Å². The predicted molar refractivity (Wildman–Crippen MR) is 60.5 cm³/mol. The summed E-state index contributed by atoms with van der Waals surface area (Å²) >= 11 is 0. The van der Waals surface area contributed by atoms with Crippen LogP contribution in [0, 0.1) is 0 Å². The van der Waals surface area contributed by atoms with E-state index in [0.717, 1.165) is 18.2 Å². The molecule has 0 fully saturated rings. The second-order valence-electron chi connectivity index (χ2n) is 2.78. The van der Waals surface area contributed by atoms with Gasteiger partial charge in [0.05, 0.1) is 0 Å². The van der Waals surface area contributed by atoms with Crippen molar-refractivity contribution in [2.45, 2.75) is 0 Å². The molecule has 1 N–H and O–H groups in total. The molecule has 0 atom stereocenters. The van der Waals surface area contributed by atoms with Crippen molar-refractivity contribution in [3.05, 3.63) is 18.2 Å². The summed E-state index contributed by atoms with van der Waals surface area (Å²) in [5, 5.41) is 0. The van der Waals surface area contributed by atoms with Gasteiger partial charge < -0.3 is 12.5 Å². The lowest BCUT2D eigenvalue weighted by molar-refractivity contribution is 0.386. The quantitative estimate of drug-likeness (QED) is 0.422. The van der Waals surface area contributed by atoms with Crippen LogP contribution in [0.1, 0.15) is 0 Å². The van der Waals surface area contributed by atoms with E-state index in [2.05, 4.69) is 12.5 Å². The van der Waals surface area contributed by atoms with E-state index in [4.69, 9.17) is 4.55 Å². The summed E-state index contributed by atoms with van der Waals surface area (Å²) < 4.78 is 83.2. The molecular formula is C6H6O10S3. The molecule has 0 saturated carbocycles. The Bertz CT molecular complexity index is 655. The zero-order valence-electron chi connectivity index (χ0n) is 8.66. The minimum absolute atomic E-state index is 0.468. The Hall–Kier alpha value is -1.57. The smallest absolute Gasteiger partial charge is 0.384 e. The van der Waals surface area contributed by atoms with E-state index in [1.54, 1.807) is 0 Å². The monoisotopic (exact) mass is 334 g/mol. The summed E-state index contributed by atoms with van der Waals surface area (Å²) in [6.07, 6.45) is 0. The van der Waals surface area contributed by atoms with Gasteiger partial charge in [0, 0.05) is 18.2 Å². The molecule has 0 aliphatic heterocycles. The van der Waals surface area contributed by atoms with E-state index in [1.165, 1.54) is 0 Å². The molecule has 108 valence electrons. The van der Waals surface area contributed by atoms with Crippen molar-refractivity contribution in [1.29, 1.82) is 0 Å². The van der Waals surface area contributed by atoms with E-state index >= 15 is 0 Å². The molecule has 13 heteroatoms. The van der Waals surface area contributed by atoms with Crippen molar-refractivity contribution in [2.75, 3.05) is 0 Å². The minimum atomic E-state index is -4.88. The molecular weight excluding hydrogens is 328 g/mol. The molecule has 0 aromatic heterocycles. The molecule has 1 aromatic carbocycles. The molecule has 0 aliphatic rings. The van der Waals surface area contributed by atoms with Gasteiger partial charge in [-0.15, -0.1) is 0 Å². The van der Waals surface area contributed by atoms with Crippen LogP contribution >= 0.6 is 0 Å². The normalized spacial score (nSPS) is 11.5. The Labute approximate surface area is 110 Å². The van der Waals surface area contributed by atoms with Gasteiger partial charge in [0.1, 0.15) is 11.5 Å². The van der Waals surface area contributed by atoms with E-state index < -0.39 is 49.6 Å². The van der Waals surface area contributed by atoms with Crippen molar-refractivity contribution in [3.63, 3.8) is 0 Å². The molecule has 19 heavy (non-hydrogen) atoms. The highest BCUT2D eigenvalue weighted by atomic mass is 32.3. The van der Waals surface area contributed by atoms with Gasteiger partial charge in [-0.25, -0.2) is 0 Å². The fourth-order valence-corrected chi connectivity index (χ4v) is 1.89. The summed E-state index contributed by atoms with van der Waals surface area (Å²) in [4.78, 5) is 0. The van der Waals surface area contributed by atoms with E-state index in [0.29, 0.717) is 0 Å². The Balaban J connectivity index is 3.22. The van der Waals surface area contributed by atoms with Crippen LogP contribution in [-0.4, -0.2) is 29.8 Å². The molecule has 0 spiro atoms. The van der Waals surface area contributed by atoms with Gasteiger partial charge >= 0.3 is 10.4 Å². The summed E-state index contributed by atoms with van der Waals surface area (Å²) in [6.45, 7) is 0. The van der Waals surface area contributed by atoms with Gasteiger partial charge in [-0.05, 0) is 0 Å². The third-order valence-electron chi connectivity index (χ3n) is 1.41. The largest absolute Gasteiger partial charge is 0.446 e. The maximum Gasteiger partial charge on any atom is 0.446 e. The molecule has 10 nitrogen and oxygen atoms in total. The Kier molecular flexibility index (Phi) is 4.93. The second kappa shape index (κ2) is 6.05. The summed E-state index contributed by atoms with van der Waals surface area (Å²) in [5.41, 5.74) is 0. The topological polar surface area (TPSA) is 150 Å². The molecule has 0 saturated heterocycles. The van der Waals surface area contributed by atoms with Gasteiger partial charge in [-0.3, -0.25) is 4.55 Å². The van der Waals surface area contributed by atoms with E-state index in [9.17, 15) is 25.3 Å². The number of hydrogen-bond acceptors (Lipinski definition) is 9. The zero-order chi connectivity index (χ0) is 14.6. The Morgan fingerprint density at radius 3 is 1.53 bits per heavy atom. The van der Waals surface area contributed by atoms with Crippen LogP contribution in [0.5, 0.6) is 17.2 Å². The van der Waals surface area contributed by atoms with Crippen LogP contribution in [0.15, 0.2) is 18.2 Å². The van der Waals surface area contributed by atoms with Crippen LogP contribution in [0.3, 0.4) is 0 Å². The Morgan fingerprint density at radius 1 is 0.842 bits per heavy atom. The lowest BCUT2D eigenvalue weighted by atomic mass is 10.3. The van der Waals surface area contributed by atoms with Gasteiger partial charge in [0.15, 0.2) is 5.75 Å². The average Bonchev–Trinajstić information content (AvgIpc) is 2.10.